The summed E-state index contributed by atoms with van der Waals surface area (Å²) in [4.78, 5) is 8.71. The summed E-state index contributed by atoms with van der Waals surface area (Å²) in [7, 11) is 1.65. The van der Waals surface area contributed by atoms with Crippen molar-refractivity contribution >= 4 is 0 Å². The highest BCUT2D eigenvalue weighted by molar-refractivity contribution is 5.25. The lowest BCUT2D eigenvalue weighted by atomic mass is 10.2. The van der Waals surface area contributed by atoms with Gasteiger partial charge in [-0.15, -0.1) is 0 Å². The first kappa shape index (κ1) is 16.8. The molecule has 0 bridgehead atoms. The van der Waals surface area contributed by atoms with Gasteiger partial charge in [0.2, 0.25) is 0 Å². The van der Waals surface area contributed by atoms with Crippen LogP contribution in [0.15, 0.2) is 6.20 Å². The normalized spacial score (nSPS) is 11.1. The van der Waals surface area contributed by atoms with Crippen LogP contribution in [0.4, 0.5) is 0 Å². The summed E-state index contributed by atoms with van der Waals surface area (Å²) >= 11 is 0. The van der Waals surface area contributed by atoms with E-state index in [1.165, 1.54) is 0 Å². The molecular formula is C14H25N3O3. The van der Waals surface area contributed by atoms with E-state index in [4.69, 9.17) is 19.9 Å². The lowest BCUT2D eigenvalue weighted by Gasteiger charge is -2.12. The van der Waals surface area contributed by atoms with E-state index in [0.717, 1.165) is 17.9 Å². The third-order valence-corrected chi connectivity index (χ3v) is 2.68. The van der Waals surface area contributed by atoms with Crippen molar-refractivity contribution in [2.75, 3.05) is 33.5 Å². The molecule has 1 rings (SSSR count). The van der Waals surface area contributed by atoms with Gasteiger partial charge in [-0.1, -0.05) is 13.8 Å². The molecule has 0 fully saturated rings. The average Bonchev–Trinajstić information content (AvgIpc) is 2.46. The van der Waals surface area contributed by atoms with Crippen molar-refractivity contribution in [3.63, 3.8) is 0 Å². The lowest BCUT2D eigenvalue weighted by molar-refractivity contribution is 0.0643. The van der Waals surface area contributed by atoms with Gasteiger partial charge in [-0.25, -0.2) is 9.97 Å². The molecule has 0 saturated carbocycles. The molecule has 0 radical (unpaired) electrons. The van der Waals surface area contributed by atoms with Gasteiger partial charge in [-0.05, 0) is 0 Å². The highest BCUT2D eigenvalue weighted by Crippen LogP contribution is 2.18. The SMILES string of the molecule is COCCOCCCOc1cnc(C(C)C)nc1CN. The fraction of sp³-hybridized carbons (Fsp3) is 0.714. The maximum Gasteiger partial charge on any atom is 0.160 e. The van der Waals surface area contributed by atoms with Crippen LogP contribution in [0.25, 0.3) is 0 Å². The van der Waals surface area contributed by atoms with Crippen molar-refractivity contribution in [2.24, 2.45) is 5.73 Å². The van der Waals surface area contributed by atoms with Crippen molar-refractivity contribution in [2.45, 2.75) is 32.7 Å². The predicted molar refractivity (Wildman–Crippen MR) is 76.8 cm³/mol. The molecule has 1 aromatic heterocycles. The van der Waals surface area contributed by atoms with Gasteiger partial charge >= 0.3 is 0 Å². The first-order valence-electron chi connectivity index (χ1n) is 6.94. The van der Waals surface area contributed by atoms with Crippen LogP contribution in [0.2, 0.25) is 0 Å². The topological polar surface area (TPSA) is 79.5 Å². The minimum atomic E-state index is 0.281. The summed E-state index contributed by atoms with van der Waals surface area (Å²) in [6.07, 6.45) is 2.51. The smallest absolute Gasteiger partial charge is 0.160 e. The monoisotopic (exact) mass is 283 g/mol. The average molecular weight is 283 g/mol. The number of methoxy groups -OCH3 is 1. The molecule has 0 spiro atoms. The molecule has 6 nitrogen and oxygen atoms in total. The molecule has 0 aliphatic carbocycles. The Hall–Kier alpha value is -1.24. The molecule has 0 aliphatic heterocycles. The number of ether oxygens (including phenoxy) is 3. The largest absolute Gasteiger partial charge is 0.490 e. The minimum absolute atomic E-state index is 0.281. The van der Waals surface area contributed by atoms with Crippen LogP contribution >= 0.6 is 0 Å². The van der Waals surface area contributed by atoms with E-state index in [1.54, 1.807) is 13.3 Å². The van der Waals surface area contributed by atoms with Crippen molar-refractivity contribution in [1.82, 2.24) is 9.97 Å². The van der Waals surface area contributed by atoms with Gasteiger partial charge in [-0.3, -0.25) is 0 Å². The van der Waals surface area contributed by atoms with Gasteiger partial charge in [0.05, 0.1) is 31.7 Å². The molecule has 1 aromatic rings. The number of rotatable bonds is 10. The van der Waals surface area contributed by atoms with Crippen LogP contribution in [0.1, 0.15) is 37.7 Å². The highest BCUT2D eigenvalue weighted by atomic mass is 16.5. The van der Waals surface area contributed by atoms with Gasteiger partial charge in [0.15, 0.2) is 5.75 Å². The van der Waals surface area contributed by atoms with Gasteiger partial charge < -0.3 is 19.9 Å². The predicted octanol–water partition coefficient (Wildman–Crippen LogP) is 1.49. The molecule has 2 N–H and O–H groups in total. The third kappa shape index (κ3) is 5.81. The molecule has 0 amide bonds. The second kappa shape index (κ2) is 9.63. The molecule has 0 atom stereocenters. The minimum Gasteiger partial charge on any atom is -0.490 e. The number of aromatic nitrogens is 2. The Bertz CT molecular complexity index is 386. The third-order valence-electron chi connectivity index (χ3n) is 2.68. The van der Waals surface area contributed by atoms with E-state index >= 15 is 0 Å². The van der Waals surface area contributed by atoms with E-state index in [2.05, 4.69) is 9.97 Å². The van der Waals surface area contributed by atoms with E-state index in [-0.39, 0.29) is 5.92 Å². The Balaban J connectivity index is 2.36. The summed E-state index contributed by atoms with van der Waals surface area (Å²) in [5.41, 5.74) is 6.45. The number of hydrogen-bond acceptors (Lipinski definition) is 6. The summed E-state index contributed by atoms with van der Waals surface area (Å²) < 4.78 is 15.9. The molecular weight excluding hydrogens is 258 g/mol. The second-order valence-corrected chi connectivity index (χ2v) is 4.71. The van der Waals surface area contributed by atoms with Gasteiger partial charge in [0.25, 0.3) is 0 Å². The Kier molecular flexibility index (Phi) is 8.10. The molecule has 0 aliphatic rings. The van der Waals surface area contributed by atoms with E-state index < -0.39 is 0 Å². The van der Waals surface area contributed by atoms with Crippen LogP contribution < -0.4 is 10.5 Å². The van der Waals surface area contributed by atoms with Crippen molar-refractivity contribution in [3.05, 3.63) is 17.7 Å². The first-order valence-corrected chi connectivity index (χ1v) is 6.94. The maximum absolute atomic E-state index is 5.70. The fourth-order valence-electron chi connectivity index (χ4n) is 1.55. The summed E-state index contributed by atoms with van der Waals surface area (Å²) in [5.74, 6) is 1.73. The zero-order chi connectivity index (χ0) is 14.8. The molecule has 114 valence electrons. The zero-order valence-electron chi connectivity index (χ0n) is 12.6. The van der Waals surface area contributed by atoms with Crippen LogP contribution in [-0.2, 0) is 16.0 Å². The molecule has 6 heteroatoms. The van der Waals surface area contributed by atoms with Crippen molar-refractivity contribution < 1.29 is 14.2 Å². The zero-order valence-corrected chi connectivity index (χ0v) is 12.6. The highest BCUT2D eigenvalue weighted by Gasteiger charge is 2.09. The van der Waals surface area contributed by atoms with Crippen molar-refractivity contribution in [3.8, 4) is 5.75 Å². The van der Waals surface area contributed by atoms with Crippen LogP contribution in [0, 0.1) is 0 Å². The van der Waals surface area contributed by atoms with Crippen LogP contribution in [0.5, 0.6) is 5.75 Å². The molecule has 0 saturated heterocycles. The number of nitrogens with zero attached hydrogens (tertiary/aromatic N) is 2. The molecule has 20 heavy (non-hydrogen) atoms. The molecule has 0 aromatic carbocycles. The van der Waals surface area contributed by atoms with E-state index in [9.17, 15) is 0 Å². The standard InChI is InChI=1S/C14H25N3O3/c1-11(2)14-16-10-13(12(9-15)17-14)20-6-4-5-19-8-7-18-3/h10-11H,4-9,15H2,1-3H3. The lowest BCUT2D eigenvalue weighted by Crippen LogP contribution is -2.11. The van der Waals surface area contributed by atoms with E-state index in [0.29, 0.717) is 38.7 Å². The second-order valence-electron chi connectivity index (χ2n) is 4.71. The Morgan fingerprint density at radius 2 is 2.00 bits per heavy atom. The number of nitrogens with two attached hydrogens (primary N) is 1. The molecule has 1 heterocycles. The van der Waals surface area contributed by atoms with Gasteiger partial charge in [0, 0.05) is 32.6 Å². The van der Waals surface area contributed by atoms with E-state index in [1.807, 2.05) is 13.8 Å². The maximum atomic E-state index is 5.70. The quantitative estimate of drug-likeness (QED) is 0.655. The first-order chi connectivity index (χ1) is 9.69. The Morgan fingerprint density at radius 3 is 2.65 bits per heavy atom. The summed E-state index contributed by atoms with van der Waals surface area (Å²) in [6.45, 7) is 6.87. The van der Waals surface area contributed by atoms with Crippen molar-refractivity contribution in [1.29, 1.82) is 0 Å². The van der Waals surface area contributed by atoms with Crippen LogP contribution in [-0.4, -0.2) is 43.5 Å². The number of hydrogen-bond donors (Lipinski definition) is 1. The van der Waals surface area contributed by atoms with Crippen LogP contribution in [0.3, 0.4) is 0 Å². The Morgan fingerprint density at radius 1 is 1.20 bits per heavy atom. The summed E-state index contributed by atoms with van der Waals surface area (Å²) in [6, 6.07) is 0. The fourth-order valence-corrected chi connectivity index (χ4v) is 1.55. The summed E-state index contributed by atoms with van der Waals surface area (Å²) in [5, 5.41) is 0. The Labute approximate surface area is 120 Å². The molecule has 0 unspecified atom stereocenters. The van der Waals surface area contributed by atoms with Gasteiger partial charge in [-0.2, -0.15) is 0 Å². The van der Waals surface area contributed by atoms with Gasteiger partial charge in [0.1, 0.15) is 5.82 Å².